The van der Waals surface area contributed by atoms with Gasteiger partial charge in [0.1, 0.15) is 52.9 Å². The Morgan fingerprint density at radius 1 is 0.430 bits per heavy atom. The summed E-state index contributed by atoms with van der Waals surface area (Å²) in [6.07, 6.45) is 6.32. The van der Waals surface area contributed by atoms with Gasteiger partial charge in [-0.15, -0.1) is 56.7 Å². The van der Waals surface area contributed by atoms with E-state index in [0.29, 0.717) is 225 Å². The summed E-state index contributed by atoms with van der Waals surface area (Å²) in [5.41, 5.74) is 44.2. The summed E-state index contributed by atoms with van der Waals surface area (Å²) in [5, 5.41) is 32.1. The number of nitrogens with one attached hydrogen (secondary N) is 1. The van der Waals surface area contributed by atoms with Crippen LogP contribution in [0.5, 0.6) is 28.7 Å². The van der Waals surface area contributed by atoms with Crippen LogP contribution in [0.3, 0.4) is 0 Å². The van der Waals surface area contributed by atoms with E-state index in [4.69, 9.17) is 183 Å². The first kappa shape index (κ1) is 101. The van der Waals surface area contributed by atoms with Gasteiger partial charge >= 0.3 is 0 Å². The van der Waals surface area contributed by atoms with E-state index in [9.17, 15) is 9.90 Å². The molecule has 2 fully saturated rings. The summed E-state index contributed by atoms with van der Waals surface area (Å²) in [7, 11) is 9.39. The summed E-state index contributed by atoms with van der Waals surface area (Å²) in [6.45, 7) is 24.9. The molecule has 45 heteroatoms. The van der Waals surface area contributed by atoms with Crippen molar-refractivity contribution >= 4 is 282 Å². The van der Waals surface area contributed by atoms with Gasteiger partial charge < -0.3 is 82.2 Å². The molecule has 1 saturated heterocycles. The number of nitrogen functional groups attached to an aromatic ring is 5. The number of nitrogens with two attached hydrogens (primary N) is 5. The number of likely N-dealkylation sites (N-methyl/N-ethyl adjacent to an activating group) is 1. The molecule has 6 aliphatic heterocycles. The number of halogens is 10. The van der Waals surface area contributed by atoms with E-state index >= 15 is 0 Å². The summed E-state index contributed by atoms with van der Waals surface area (Å²) < 4.78 is 33.7. The van der Waals surface area contributed by atoms with Gasteiger partial charge in [-0.2, -0.15) is 5.26 Å². The van der Waals surface area contributed by atoms with Gasteiger partial charge in [0.2, 0.25) is 29.7 Å². The van der Waals surface area contributed by atoms with Crippen LogP contribution in [0.4, 0.5) is 29.7 Å². The molecule has 22 rings (SSSR count). The van der Waals surface area contributed by atoms with Crippen molar-refractivity contribution in [2.45, 2.75) is 82.9 Å². The van der Waals surface area contributed by atoms with Crippen molar-refractivity contribution < 1.29 is 43.2 Å². The quantitative estimate of drug-likeness (QED) is 0.0329. The molecule has 0 bridgehead atoms. The minimum Gasteiger partial charge on any atom is -0.491 e. The van der Waals surface area contributed by atoms with Crippen LogP contribution in [0.15, 0.2) is 87.0 Å². The number of nitriles is 1. The molecule has 0 spiro atoms. The number of aliphatic hydroxyl groups is 1. The van der Waals surface area contributed by atoms with E-state index < -0.39 is 5.60 Å². The minimum atomic E-state index is -1.01. The van der Waals surface area contributed by atoms with Gasteiger partial charge in [0.05, 0.1) is 186 Å². The van der Waals surface area contributed by atoms with Gasteiger partial charge in [0.25, 0.3) is 5.91 Å². The zero-order chi connectivity index (χ0) is 101. The van der Waals surface area contributed by atoms with Crippen LogP contribution in [-0.2, 0) is 41.7 Å². The molecule has 0 atom stereocenters. The van der Waals surface area contributed by atoms with Crippen molar-refractivity contribution in [1.82, 2.24) is 74.9 Å². The highest BCUT2D eigenvalue weighted by Gasteiger charge is 2.37. The Kier molecular flexibility index (Phi) is 29.5. The summed E-state index contributed by atoms with van der Waals surface area (Å²) >= 11 is 71.6. The van der Waals surface area contributed by atoms with Gasteiger partial charge in [0, 0.05) is 179 Å². The molecule has 15 aromatic rings. The van der Waals surface area contributed by atoms with Crippen LogP contribution >= 0.6 is 173 Å². The predicted molar refractivity (Wildman–Crippen MR) is 578 cm³/mol. The van der Waals surface area contributed by atoms with Gasteiger partial charge in [-0.25, -0.2) is 49.8 Å². The van der Waals surface area contributed by atoms with Crippen LogP contribution in [0.2, 0.25) is 50.2 Å². The van der Waals surface area contributed by atoms with E-state index in [2.05, 4.69) is 117 Å². The monoisotopic (exact) mass is 2200 g/mol. The smallest absolute Gasteiger partial charge is 0.261 e. The Bertz CT molecular complexity index is 7790. The molecule has 5 aromatic carbocycles. The molecule has 142 heavy (non-hydrogen) atoms. The Hall–Kier alpha value is -10.8. The number of hydrogen-bond donors (Lipinski definition) is 7. The topological polar surface area (TPSA) is 410 Å². The predicted octanol–water partition coefficient (Wildman–Crippen LogP) is 23.1. The number of nitrogens with zero attached hydrogens (tertiary/aromatic N) is 15. The lowest BCUT2D eigenvalue weighted by molar-refractivity contribution is -0.0521. The fraction of sp³-hybridized carbons (Fsp3) is 0.278. The first-order valence-corrected chi connectivity index (χ1v) is 51.9. The fourth-order valence-electron chi connectivity index (χ4n) is 17.0. The van der Waals surface area contributed by atoms with E-state index in [1.807, 2.05) is 31.1 Å². The molecule has 0 unspecified atom stereocenters. The number of anilines is 5. The number of thiophene rings is 5. The molecular weight excluding hydrogens is 2120 g/mol. The molecule has 10 aromatic heterocycles. The zero-order valence-corrected chi connectivity index (χ0v) is 88.5. The maximum absolute atomic E-state index is 12.5. The molecule has 0 radical (unpaired) electrons. The van der Waals surface area contributed by atoms with Crippen LogP contribution < -0.4 is 57.7 Å². The Balaban J connectivity index is 0.000000117. The van der Waals surface area contributed by atoms with Crippen LogP contribution in [0, 0.1) is 11.3 Å². The van der Waals surface area contributed by atoms with Crippen molar-refractivity contribution in [2.75, 3.05) is 123 Å². The van der Waals surface area contributed by atoms with Crippen molar-refractivity contribution in [3.8, 4) is 91.1 Å². The maximum atomic E-state index is 12.5. The minimum absolute atomic E-state index is 0.0801. The third-order valence-corrected chi connectivity index (χ3v) is 32.7. The van der Waals surface area contributed by atoms with Gasteiger partial charge in [-0.3, -0.25) is 14.7 Å². The Labute approximate surface area is 884 Å². The van der Waals surface area contributed by atoms with E-state index in [1.54, 1.807) is 80.8 Å². The van der Waals surface area contributed by atoms with Crippen molar-refractivity contribution in [3.05, 3.63) is 189 Å². The summed E-state index contributed by atoms with van der Waals surface area (Å²) in [4.78, 5) is 76.6. The maximum Gasteiger partial charge on any atom is 0.261 e. The number of ether oxygens (including phenoxy) is 6. The Morgan fingerprint density at radius 3 is 0.958 bits per heavy atom. The number of aromatic nitrogens is 10. The lowest BCUT2D eigenvalue weighted by Crippen LogP contribution is -2.45. The van der Waals surface area contributed by atoms with Crippen LogP contribution in [0.1, 0.15) is 90.1 Å². The first-order chi connectivity index (χ1) is 67.8. The highest BCUT2D eigenvalue weighted by molar-refractivity contribution is 7.21. The largest absolute Gasteiger partial charge is 0.491 e. The number of carbonyl (C=O) groups excluding carboxylic acids is 1. The second-order valence-corrected chi connectivity index (χ2v) is 43.6. The molecule has 1 aliphatic carbocycles. The number of amides is 1. The number of carbonyl (C=O) groups is 1. The van der Waals surface area contributed by atoms with Crippen molar-refractivity contribution in [1.29, 1.82) is 5.26 Å². The van der Waals surface area contributed by atoms with Gasteiger partial charge in [-0.05, 0) is 87.4 Å². The molecule has 12 N–H and O–H groups in total. The van der Waals surface area contributed by atoms with E-state index in [0.717, 1.165) is 140 Å². The molecule has 1 saturated carbocycles. The lowest BCUT2D eigenvalue weighted by Gasteiger charge is -2.36. The van der Waals surface area contributed by atoms with Crippen LogP contribution in [0.25, 0.3) is 130 Å². The van der Waals surface area contributed by atoms with E-state index in [1.165, 1.54) is 58.2 Å². The number of benzene rings is 5. The normalized spacial score (nSPS) is 14.0. The van der Waals surface area contributed by atoms with Crippen LogP contribution in [-0.4, -0.2) is 193 Å². The summed E-state index contributed by atoms with van der Waals surface area (Å²) in [6, 6.07) is 21.3. The Morgan fingerprint density at radius 2 is 0.697 bits per heavy atom. The molecule has 7 aliphatic rings. The number of hydroxylamine groups is 2. The number of hydrogen-bond acceptors (Lipinski definition) is 34. The molecular formula is C97H87Cl10N21O9S5. The lowest BCUT2D eigenvalue weighted by atomic mass is 10.00. The highest BCUT2D eigenvalue weighted by Crippen LogP contribution is 2.55. The number of rotatable bonds is 21. The first-order valence-electron chi connectivity index (χ1n) is 44.0. The molecule has 1 amide bonds. The fourth-order valence-corrected chi connectivity index (χ4v) is 25.4. The molecule has 16 heterocycles. The standard InChI is InChI=1S/C20H17Cl2N5OS.C20H18Cl2N4O2S.C20H18Cl2N4OS.C19H18Cl2N4O3S.C18H16Cl2N4O2S/c1-10(27(2)6-3-5-23)15-8-12-17(25-20(24)26-19(12)29-15)16-11-4-7-28-18(11)14(22)9-13(16)21;1-9(26(2)10-7-27-8-10)15-5-12-17(24-20(23)25-19(12)29-15)16-11-3-4-28-18(11)14(22)6-13(16)21;1-9(26(2)10-3-4-10)15-7-12-17(24-20(23)25-19(12)28-15)16-11-5-6-27-18(11)14(22)8-13(16)21;1-19(2,27)7-23-16(26)12-5-9-14(24-18(22)25-17(9)29-12)13-8-3-4-28-15(8)11(21)6-10(13)20;1-8(24(2)25-3)13-6-10-15(22-18(21)23-17(10)27-13)14-9-4-5-26-16(9)12(20)7-11(14)19/h8-9H,1,3-4,6-7H2,2H3,(H2,24,25,26);5-6,10H,1,3-4,7-8H2,2H3,(H2,23,24,25);7-8,10H,1,3-6H2,2H3,(H2,23,24,25);5-6,27H,3-4,7H2,1-2H3,(H,23,26)(H2,22,24,25);6-7H,1,4-5H2,2-3H3,(H2,21,22,23). The molecule has 30 nitrogen and oxygen atoms in total. The van der Waals surface area contributed by atoms with Crippen molar-refractivity contribution in [3.63, 3.8) is 0 Å². The third-order valence-electron chi connectivity index (χ3n) is 24.5. The second-order valence-electron chi connectivity index (χ2n) is 34.3. The second kappa shape index (κ2) is 41.4. The molecule has 734 valence electrons. The van der Waals surface area contributed by atoms with E-state index in [-0.39, 0.29) is 42.2 Å². The SMILES string of the molecule is C=C(c1cc2c(-c3c(Cl)cc(Cl)c4c3CCO4)nc(N)nc2s1)N(C)C1CC1.C=C(c1cc2c(-c3c(Cl)cc(Cl)c4c3CCO4)nc(N)nc2s1)N(C)C1COC1.C=C(c1cc2c(-c3c(Cl)cc(Cl)c4c3CCO4)nc(N)nc2s1)N(C)CCC#N.C=C(c1cc2c(-c3c(Cl)cc(Cl)c4c3CCO4)nc(N)nc2s1)N(C)OC.CC(C)(O)CNC(=O)c1cc2c(-c3c(Cl)cc(Cl)c4c3CCO4)nc(N)nc2s1. The third kappa shape index (κ3) is 20.2. The van der Waals surface area contributed by atoms with Gasteiger partial charge in [-0.1, -0.05) is 142 Å². The summed E-state index contributed by atoms with van der Waals surface area (Å²) in [5.74, 6) is 3.77. The average Bonchev–Trinajstić information content (AvgIpc) is 1.57. The zero-order valence-electron chi connectivity index (χ0n) is 76.9. The van der Waals surface area contributed by atoms with Gasteiger partial charge in [0.15, 0.2) is 0 Å². The van der Waals surface area contributed by atoms with Crippen molar-refractivity contribution in [2.24, 2.45) is 0 Å². The average molecular weight is 2210 g/mol. The number of fused-ring (bicyclic) bond motifs is 10. The highest BCUT2D eigenvalue weighted by atomic mass is 35.5.